The highest BCUT2D eigenvalue weighted by atomic mass is 16.3. The highest BCUT2D eigenvalue weighted by Crippen LogP contribution is 2.51. The summed E-state index contributed by atoms with van der Waals surface area (Å²) in [7, 11) is 0. The van der Waals surface area contributed by atoms with Crippen molar-refractivity contribution in [2.75, 3.05) is 13.2 Å². The monoisotopic (exact) mass is 209 g/mol. The Bertz CT molecular complexity index is 231. The van der Waals surface area contributed by atoms with Gasteiger partial charge in [-0.3, -0.25) is 4.90 Å². The summed E-state index contributed by atoms with van der Waals surface area (Å²) < 4.78 is 0. The molecule has 4 atom stereocenters. The van der Waals surface area contributed by atoms with Crippen LogP contribution in [0.15, 0.2) is 0 Å². The molecule has 2 heteroatoms. The Labute approximate surface area is 92.7 Å². The van der Waals surface area contributed by atoms with Crippen molar-refractivity contribution in [3.63, 3.8) is 0 Å². The van der Waals surface area contributed by atoms with Crippen LogP contribution in [0.4, 0.5) is 0 Å². The standard InChI is InChI=1S/C13H23NO/c15-9-11-5-1-2-7-14(11)13-6-3-4-10-8-12(10)13/h10-13,15H,1-9H2. The third-order valence-corrected chi connectivity index (χ3v) is 4.86. The van der Waals surface area contributed by atoms with Crippen LogP contribution in [0.3, 0.4) is 0 Å². The summed E-state index contributed by atoms with van der Waals surface area (Å²) in [6.45, 7) is 1.63. The molecule has 0 radical (unpaired) electrons. The zero-order valence-electron chi connectivity index (χ0n) is 9.57. The van der Waals surface area contributed by atoms with Crippen LogP contribution in [0.1, 0.15) is 44.9 Å². The fraction of sp³-hybridized carbons (Fsp3) is 1.00. The Morgan fingerprint density at radius 3 is 2.87 bits per heavy atom. The minimum atomic E-state index is 0.383. The first-order chi connectivity index (χ1) is 7.40. The van der Waals surface area contributed by atoms with Crippen LogP contribution in [-0.2, 0) is 0 Å². The molecule has 15 heavy (non-hydrogen) atoms. The Morgan fingerprint density at radius 1 is 1.07 bits per heavy atom. The average molecular weight is 209 g/mol. The van der Waals surface area contributed by atoms with Gasteiger partial charge >= 0.3 is 0 Å². The van der Waals surface area contributed by atoms with Crippen molar-refractivity contribution in [1.82, 2.24) is 4.90 Å². The van der Waals surface area contributed by atoms with Crippen molar-refractivity contribution >= 4 is 0 Å². The van der Waals surface area contributed by atoms with Gasteiger partial charge in [0.15, 0.2) is 0 Å². The molecule has 0 spiro atoms. The Hall–Kier alpha value is -0.0800. The number of hydrogen-bond acceptors (Lipinski definition) is 2. The minimum absolute atomic E-state index is 0.383. The number of hydrogen-bond donors (Lipinski definition) is 1. The first kappa shape index (κ1) is 10.1. The molecule has 4 unspecified atom stereocenters. The number of rotatable bonds is 2. The van der Waals surface area contributed by atoms with E-state index in [0.717, 1.165) is 17.9 Å². The van der Waals surface area contributed by atoms with Crippen LogP contribution in [0.5, 0.6) is 0 Å². The van der Waals surface area contributed by atoms with Crippen LogP contribution in [0.25, 0.3) is 0 Å². The molecule has 3 rings (SSSR count). The van der Waals surface area contributed by atoms with Crippen molar-refractivity contribution in [3.8, 4) is 0 Å². The van der Waals surface area contributed by atoms with E-state index in [0.29, 0.717) is 12.6 Å². The second-order valence-corrected chi connectivity index (χ2v) is 5.73. The lowest BCUT2D eigenvalue weighted by molar-refractivity contribution is 0.0322. The van der Waals surface area contributed by atoms with Gasteiger partial charge in [0.05, 0.1) is 6.61 Å². The first-order valence-corrected chi connectivity index (χ1v) is 6.77. The van der Waals surface area contributed by atoms with Gasteiger partial charge in [-0.15, -0.1) is 0 Å². The maximum absolute atomic E-state index is 9.45. The van der Waals surface area contributed by atoms with Crippen molar-refractivity contribution in [2.24, 2.45) is 11.8 Å². The third kappa shape index (κ3) is 1.83. The largest absolute Gasteiger partial charge is 0.395 e. The highest BCUT2D eigenvalue weighted by Gasteiger charge is 2.48. The summed E-state index contributed by atoms with van der Waals surface area (Å²) >= 11 is 0. The number of nitrogens with zero attached hydrogens (tertiary/aromatic N) is 1. The number of piperidine rings is 1. The van der Waals surface area contributed by atoms with Gasteiger partial charge in [0.25, 0.3) is 0 Å². The van der Waals surface area contributed by atoms with E-state index >= 15 is 0 Å². The van der Waals surface area contributed by atoms with Gasteiger partial charge in [-0.2, -0.15) is 0 Å². The SMILES string of the molecule is OCC1CCCCN1C1CCCC2CC21. The molecular weight excluding hydrogens is 186 g/mol. The van der Waals surface area contributed by atoms with Crippen LogP contribution in [-0.4, -0.2) is 35.2 Å². The van der Waals surface area contributed by atoms with Gasteiger partial charge in [-0.05, 0) is 44.1 Å². The van der Waals surface area contributed by atoms with Crippen molar-refractivity contribution in [2.45, 2.75) is 57.0 Å². The molecule has 0 aromatic heterocycles. The molecule has 1 aliphatic heterocycles. The molecule has 1 heterocycles. The van der Waals surface area contributed by atoms with Crippen molar-refractivity contribution < 1.29 is 5.11 Å². The molecule has 0 aromatic rings. The van der Waals surface area contributed by atoms with Crippen LogP contribution in [0, 0.1) is 11.8 Å². The summed E-state index contributed by atoms with van der Waals surface area (Å²) in [5.41, 5.74) is 0. The van der Waals surface area contributed by atoms with E-state index in [4.69, 9.17) is 0 Å². The quantitative estimate of drug-likeness (QED) is 0.752. The number of fused-ring (bicyclic) bond motifs is 1. The van der Waals surface area contributed by atoms with Gasteiger partial charge in [0, 0.05) is 12.1 Å². The van der Waals surface area contributed by atoms with Crippen molar-refractivity contribution in [1.29, 1.82) is 0 Å². The smallest absolute Gasteiger partial charge is 0.0586 e. The lowest BCUT2D eigenvalue weighted by atomic mass is 9.90. The maximum Gasteiger partial charge on any atom is 0.0586 e. The fourth-order valence-electron chi connectivity index (χ4n) is 3.94. The predicted molar refractivity (Wildman–Crippen MR) is 60.7 cm³/mol. The van der Waals surface area contributed by atoms with E-state index in [2.05, 4.69) is 4.90 Å². The minimum Gasteiger partial charge on any atom is -0.395 e. The summed E-state index contributed by atoms with van der Waals surface area (Å²) in [6, 6.07) is 1.32. The number of likely N-dealkylation sites (tertiary alicyclic amines) is 1. The second kappa shape index (κ2) is 4.06. The first-order valence-electron chi connectivity index (χ1n) is 6.77. The summed E-state index contributed by atoms with van der Waals surface area (Å²) in [5.74, 6) is 2.07. The summed E-state index contributed by atoms with van der Waals surface area (Å²) in [4.78, 5) is 2.66. The van der Waals surface area contributed by atoms with Gasteiger partial charge < -0.3 is 5.11 Å². The molecule has 2 aliphatic carbocycles. The predicted octanol–water partition coefficient (Wildman–Crippen LogP) is 2.02. The molecule has 86 valence electrons. The van der Waals surface area contributed by atoms with E-state index < -0.39 is 0 Å². The molecule has 2 nitrogen and oxygen atoms in total. The van der Waals surface area contributed by atoms with E-state index in [-0.39, 0.29) is 0 Å². The van der Waals surface area contributed by atoms with E-state index in [9.17, 15) is 5.11 Å². The van der Waals surface area contributed by atoms with E-state index in [1.54, 1.807) is 0 Å². The normalized spacial score (nSPS) is 46.2. The average Bonchev–Trinajstić information content (AvgIpc) is 3.07. The van der Waals surface area contributed by atoms with Gasteiger partial charge in [0.2, 0.25) is 0 Å². The molecule has 0 bridgehead atoms. The lowest BCUT2D eigenvalue weighted by Crippen LogP contribution is -2.49. The number of aliphatic hydroxyl groups excluding tert-OH is 1. The summed E-state index contributed by atoms with van der Waals surface area (Å²) in [6.07, 6.45) is 9.70. The molecule has 2 saturated carbocycles. The molecule has 1 N–H and O–H groups in total. The molecule has 0 aromatic carbocycles. The molecule has 3 fully saturated rings. The van der Waals surface area contributed by atoms with Gasteiger partial charge in [0.1, 0.15) is 0 Å². The Balaban J connectivity index is 1.68. The zero-order valence-corrected chi connectivity index (χ0v) is 9.57. The lowest BCUT2D eigenvalue weighted by Gasteiger charge is -2.42. The van der Waals surface area contributed by atoms with Gasteiger partial charge in [-0.25, -0.2) is 0 Å². The Morgan fingerprint density at radius 2 is 2.00 bits per heavy atom. The summed E-state index contributed by atoms with van der Waals surface area (Å²) in [5, 5.41) is 9.45. The van der Waals surface area contributed by atoms with Crippen LogP contribution in [0.2, 0.25) is 0 Å². The molecule has 3 aliphatic rings. The van der Waals surface area contributed by atoms with Crippen LogP contribution >= 0.6 is 0 Å². The second-order valence-electron chi connectivity index (χ2n) is 5.73. The number of aliphatic hydroxyl groups is 1. The fourth-order valence-corrected chi connectivity index (χ4v) is 3.94. The molecular formula is C13H23NO. The van der Waals surface area contributed by atoms with Crippen molar-refractivity contribution in [3.05, 3.63) is 0 Å². The van der Waals surface area contributed by atoms with Gasteiger partial charge in [-0.1, -0.05) is 19.3 Å². The highest BCUT2D eigenvalue weighted by molar-refractivity contribution is 5.01. The van der Waals surface area contributed by atoms with E-state index in [1.807, 2.05) is 0 Å². The Kier molecular flexibility index (Phi) is 2.73. The molecule has 0 amide bonds. The van der Waals surface area contributed by atoms with Crippen LogP contribution < -0.4 is 0 Å². The topological polar surface area (TPSA) is 23.5 Å². The van der Waals surface area contributed by atoms with E-state index in [1.165, 1.54) is 51.5 Å². The maximum atomic E-state index is 9.45. The zero-order chi connectivity index (χ0) is 10.3. The molecule has 1 saturated heterocycles. The third-order valence-electron chi connectivity index (χ3n) is 4.86.